The van der Waals surface area contributed by atoms with Gasteiger partial charge in [0.15, 0.2) is 0 Å². The minimum atomic E-state index is -0.283. The first kappa shape index (κ1) is 15.9. The summed E-state index contributed by atoms with van der Waals surface area (Å²) in [7, 11) is 0. The zero-order valence-electron chi connectivity index (χ0n) is 10.5. The lowest BCUT2D eigenvalue weighted by Gasteiger charge is -2.19. The summed E-state index contributed by atoms with van der Waals surface area (Å²) < 4.78 is 1.55. The van der Waals surface area contributed by atoms with E-state index in [2.05, 4.69) is 46.1 Å². The highest BCUT2D eigenvalue weighted by Crippen LogP contribution is 2.34. The maximum atomic E-state index is 9.18. The van der Waals surface area contributed by atoms with E-state index in [4.69, 9.17) is 11.6 Å². The molecule has 0 spiro atoms. The van der Waals surface area contributed by atoms with Crippen molar-refractivity contribution in [2.45, 2.75) is 19.9 Å². The summed E-state index contributed by atoms with van der Waals surface area (Å²) in [6.45, 7) is 8.10. The van der Waals surface area contributed by atoms with Crippen LogP contribution in [0.2, 0.25) is 4.34 Å². The molecule has 0 fully saturated rings. The Morgan fingerprint density at radius 2 is 2.22 bits per heavy atom. The van der Waals surface area contributed by atoms with Crippen molar-refractivity contribution in [2.75, 3.05) is 26.2 Å². The van der Waals surface area contributed by atoms with Crippen molar-refractivity contribution in [3.8, 4) is 6.07 Å². The van der Waals surface area contributed by atoms with Crippen LogP contribution in [0, 0.1) is 11.3 Å². The number of nitrogens with one attached hydrogen (secondary N) is 1. The van der Waals surface area contributed by atoms with Crippen LogP contribution in [-0.4, -0.2) is 31.1 Å². The maximum absolute atomic E-state index is 9.18. The van der Waals surface area contributed by atoms with Gasteiger partial charge in [-0.1, -0.05) is 25.4 Å². The van der Waals surface area contributed by atoms with E-state index in [-0.39, 0.29) is 6.04 Å². The molecule has 0 amide bonds. The maximum Gasteiger partial charge on any atom is 0.130 e. The van der Waals surface area contributed by atoms with E-state index < -0.39 is 0 Å². The van der Waals surface area contributed by atoms with E-state index in [1.54, 1.807) is 0 Å². The van der Waals surface area contributed by atoms with Crippen molar-refractivity contribution in [3.63, 3.8) is 0 Å². The van der Waals surface area contributed by atoms with E-state index in [0.29, 0.717) is 4.34 Å². The van der Waals surface area contributed by atoms with E-state index in [9.17, 15) is 5.26 Å². The van der Waals surface area contributed by atoms with Crippen LogP contribution in [0.15, 0.2) is 10.5 Å². The van der Waals surface area contributed by atoms with Gasteiger partial charge in [-0.3, -0.25) is 5.32 Å². The predicted octanol–water partition coefficient (Wildman–Crippen LogP) is 3.66. The average Bonchev–Trinajstić information content (AvgIpc) is 2.70. The van der Waals surface area contributed by atoms with Crippen molar-refractivity contribution in [1.82, 2.24) is 10.2 Å². The van der Waals surface area contributed by atoms with Crippen molar-refractivity contribution < 1.29 is 0 Å². The molecular formula is C12H17BrClN3S. The molecule has 1 rings (SSSR count). The Labute approximate surface area is 126 Å². The second kappa shape index (κ2) is 8.13. The number of thiophene rings is 1. The van der Waals surface area contributed by atoms with Gasteiger partial charge in [-0.15, -0.1) is 11.3 Å². The normalized spacial score (nSPS) is 12.7. The summed E-state index contributed by atoms with van der Waals surface area (Å²) in [5.74, 6) is 0. The van der Waals surface area contributed by atoms with Crippen LogP contribution in [0.25, 0.3) is 0 Å². The number of nitrogens with zero attached hydrogens (tertiary/aromatic N) is 2. The van der Waals surface area contributed by atoms with Crippen molar-refractivity contribution in [2.24, 2.45) is 0 Å². The van der Waals surface area contributed by atoms with E-state index in [0.717, 1.165) is 35.5 Å². The van der Waals surface area contributed by atoms with Gasteiger partial charge in [-0.25, -0.2) is 0 Å². The standard InChI is InChI=1S/C12H17BrClN3S/c1-3-17(4-2)6-5-16-10(8-15)11-7-9(13)12(14)18-11/h7,10,16H,3-6H2,1-2H3. The van der Waals surface area contributed by atoms with Gasteiger partial charge in [-0.05, 0) is 35.1 Å². The Bertz CT molecular complexity index is 392. The SMILES string of the molecule is CCN(CC)CCNC(C#N)c1cc(Br)c(Cl)s1. The highest BCUT2D eigenvalue weighted by atomic mass is 79.9. The van der Waals surface area contributed by atoms with Crippen molar-refractivity contribution >= 4 is 38.9 Å². The lowest BCUT2D eigenvalue weighted by molar-refractivity contribution is 0.300. The number of likely N-dealkylation sites (N-methyl/N-ethyl adjacent to an activating group) is 1. The molecule has 0 aliphatic rings. The van der Waals surface area contributed by atoms with E-state index >= 15 is 0 Å². The molecule has 3 nitrogen and oxygen atoms in total. The molecule has 0 saturated carbocycles. The molecule has 1 heterocycles. The zero-order chi connectivity index (χ0) is 13.5. The molecule has 1 unspecified atom stereocenters. The fourth-order valence-corrected chi connectivity index (χ4v) is 3.38. The molecule has 1 N–H and O–H groups in total. The Kier molecular flexibility index (Phi) is 7.20. The molecule has 0 aromatic carbocycles. The lowest BCUT2D eigenvalue weighted by Crippen LogP contribution is -2.33. The van der Waals surface area contributed by atoms with Gasteiger partial charge in [0.1, 0.15) is 10.4 Å². The molecule has 0 saturated heterocycles. The van der Waals surface area contributed by atoms with Crippen molar-refractivity contribution in [3.05, 3.63) is 19.8 Å². The monoisotopic (exact) mass is 349 g/mol. The fraction of sp³-hybridized carbons (Fsp3) is 0.583. The third-order valence-corrected chi connectivity index (χ3v) is 5.29. The van der Waals surface area contributed by atoms with Gasteiger partial charge in [-0.2, -0.15) is 5.26 Å². The smallest absolute Gasteiger partial charge is 0.130 e. The van der Waals surface area contributed by atoms with Gasteiger partial charge in [0.05, 0.1) is 6.07 Å². The highest BCUT2D eigenvalue weighted by Gasteiger charge is 2.15. The summed E-state index contributed by atoms with van der Waals surface area (Å²) in [4.78, 5) is 3.27. The first-order valence-corrected chi connectivity index (χ1v) is 7.91. The van der Waals surface area contributed by atoms with Gasteiger partial charge >= 0.3 is 0 Å². The number of hydrogen-bond donors (Lipinski definition) is 1. The summed E-state index contributed by atoms with van der Waals surface area (Å²) in [5, 5.41) is 12.4. The molecule has 1 aromatic heterocycles. The molecule has 0 radical (unpaired) electrons. The van der Waals surface area contributed by atoms with E-state index in [1.807, 2.05) is 6.07 Å². The van der Waals surface area contributed by atoms with Gasteiger partial charge < -0.3 is 4.90 Å². The first-order chi connectivity index (χ1) is 8.62. The molecule has 1 aromatic rings. The number of halogens is 2. The van der Waals surface area contributed by atoms with Crippen LogP contribution >= 0.6 is 38.9 Å². The van der Waals surface area contributed by atoms with Gasteiger partial charge in [0.2, 0.25) is 0 Å². The molecular weight excluding hydrogens is 334 g/mol. The average molecular weight is 351 g/mol. The molecule has 0 aliphatic carbocycles. The van der Waals surface area contributed by atoms with Gasteiger partial charge in [0.25, 0.3) is 0 Å². The lowest BCUT2D eigenvalue weighted by atomic mass is 10.2. The summed E-state index contributed by atoms with van der Waals surface area (Å²) >= 11 is 10.8. The quantitative estimate of drug-likeness (QED) is 0.815. The number of rotatable bonds is 7. The van der Waals surface area contributed by atoms with Crippen molar-refractivity contribution in [1.29, 1.82) is 5.26 Å². The Hall–Kier alpha value is -0.120. The minimum Gasteiger partial charge on any atom is -0.303 e. The molecule has 18 heavy (non-hydrogen) atoms. The minimum absolute atomic E-state index is 0.283. The molecule has 0 bridgehead atoms. The third-order valence-electron chi connectivity index (χ3n) is 2.75. The van der Waals surface area contributed by atoms with Gasteiger partial charge in [0, 0.05) is 22.4 Å². The largest absolute Gasteiger partial charge is 0.303 e. The van der Waals surface area contributed by atoms with Crippen LogP contribution in [0.3, 0.4) is 0 Å². The Morgan fingerprint density at radius 1 is 1.56 bits per heavy atom. The van der Waals surface area contributed by atoms with Crippen LogP contribution < -0.4 is 5.32 Å². The highest BCUT2D eigenvalue weighted by molar-refractivity contribution is 9.10. The van der Waals surface area contributed by atoms with E-state index in [1.165, 1.54) is 11.3 Å². The Balaban J connectivity index is 2.51. The summed E-state index contributed by atoms with van der Waals surface area (Å²) in [6.07, 6.45) is 0. The molecule has 100 valence electrons. The van der Waals surface area contributed by atoms with Crippen LogP contribution in [-0.2, 0) is 0 Å². The summed E-state index contributed by atoms with van der Waals surface area (Å²) in [6, 6.07) is 3.90. The number of hydrogen-bond acceptors (Lipinski definition) is 4. The second-order valence-electron chi connectivity index (χ2n) is 3.81. The molecule has 6 heteroatoms. The van der Waals surface area contributed by atoms with Crippen LogP contribution in [0.1, 0.15) is 24.8 Å². The fourth-order valence-electron chi connectivity index (χ4n) is 1.62. The zero-order valence-corrected chi connectivity index (χ0v) is 13.7. The summed E-state index contributed by atoms with van der Waals surface area (Å²) in [5.41, 5.74) is 0. The van der Waals surface area contributed by atoms with Crippen LogP contribution in [0.4, 0.5) is 0 Å². The Morgan fingerprint density at radius 3 is 2.67 bits per heavy atom. The predicted molar refractivity (Wildman–Crippen MR) is 81.2 cm³/mol. The number of nitriles is 1. The van der Waals surface area contributed by atoms with Crippen LogP contribution in [0.5, 0.6) is 0 Å². The third kappa shape index (κ3) is 4.52. The molecule has 1 atom stereocenters. The second-order valence-corrected chi connectivity index (χ2v) is 6.35. The first-order valence-electron chi connectivity index (χ1n) is 5.92. The topological polar surface area (TPSA) is 39.1 Å². The molecule has 0 aliphatic heterocycles.